The van der Waals surface area contributed by atoms with Crippen molar-refractivity contribution in [3.8, 4) is 11.4 Å². The van der Waals surface area contributed by atoms with E-state index in [0.717, 1.165) is 22.3 Å². The van der Waals surface area contributed by atoms with E-state index in [4.69, 9.17) is 0 Å². The molecule has 0 spiro atoms. The zero-order valence-electron chi connectivity index (χ0n) is 7.92. The third-order valence-electron chi connectivity index (χ3n) is 2.30. The van der Waals surface area contributed by atoms with E-state index in [1.165, 1.54) is 11.5 Å². The van der Waals surface area contributed by atoms with Crippen LogP contribution in [0.15, 0.2) is 47.8 Å². The molecular weight excluding hydrogens is 204 g/mol. The summed E-state index contributed by atoms with van der Waals surface area (Å²) in [7, 11) is 0. The van der Waals surface area contributed by atoms with E-state index in [0.29, 0.717) is 0 Å². The number of benzene rings is 1. The topological polar surface area (TPSA) is 25.8 Å². The largest absolute Gasteiger partial charge is 0.246 e. The first-order chi connectivity index (χ1) is 7.43. The van der Waals surface area contributed by atoms with Crippen LogP contribution < -0.4 is 0 Å². The zero-order valence-corrected chi connectivity index (χ0v) is 8.74. The van der Waals surface area contributed by atoms with E-state index >= 15 is 0 Å². The van der Waals surface area contributed by atoms with Gasteiger partial charge in [-0.15, -0.1) is 0 Å². The molecule has 0 aliphatic heterocycles. The van der Waals surface area contributed by atoms with Crippen molar-refractivity contribution in [1.29, 1.82) is 0 Å². The molecule has 0 amide bonds. The number of hydrogen-bond donors (Lipinski definition) is 0. The first-order valence-electron chi connectivity index (χ1n) is 4.70. The predicted molar refractivity (Wildman–Crippen MR) is 62.9 cm³/mol. The maximum atomic E-state index is 4.56. The van der Waals surface area contributed by atoms with Gasteiger partial charge in [0.15, 0.2) is 0 Å². The van der Waals surface area contributed by atoms with Crippen molar-refractivity contribution < 1.29 is 0 Å². The second kappa shape index (κ2) is 3.44. The highest BCUT2D eigenvalue weighted by Gasteiger charge is 2.02. The molecule has 3 aromatic rings. The molecule has 0 aliphatic carbocycles. The monoisotopic (exact) mass is 212 g/mol. The summed E-state index contributed by atoms with van der Waals surface area (Å²) in [6.07, 6.45) is 0. The summed E-state index contributed by atoms with van der Waals surface area (Å²) >= 11 is 1.45. The Kier molecular flexibility index (Phi) is 1.96. The summed E-state index contributed by atoms with van der Waals surface area (Å²) < 4.78 is 4.27. The van der Waals surface area contributed by atoms with Gasteiger partial charge in [-0.2, -0.15) is 4.37 Å². The fourth-order valence-electron chi connectivity index (χ4n) is 1.55. The Hall–Kier alpha value is -1.74. The van der Waals surface area contributed by atoms with Gasteiger partial charge in [0.1, 0.15) is 5.69 Å². The molecule has 0 fully saturated rings. The molecule has 1 aromatic carbocycles. The number of nitrogens with zero attached hydrogens (tertiary/aromatic N) is 2. The van der Waals surface area contributed by atoms with Gasteiger partial charge in [0.25, 0.3) is 0 Å². The molecule has 0 aliphatic rings. The quantitative estimate of drug-likeness (QED) is 0.618. The van der Waals surface area contributed by atoms with E-state index in [1.54, 1.807) is 0 Å². The highest BCUT2D eigenvalue weighted by Crippen LogP contribution is 2.19. The van der Waals surface area contributed by atoms with E-state index in [-0.39, 0.29) is 0 Å². The number of para-hydroxylation sites is 1. The highest BCUT2D eigenvalue weighted by molar-refractivity contribution is 7.03. The minimum Gasteiger partial charge on any atom is -0.246 e. The molecule has 0 unspecified atom stereocenters. The van der Waals surface area contributed by atoms with Crippen LogP contribution in [0.4, 0.5) is 0 Å². The van der Waals surface area contributed by atoms with Crippen molar-refractivity contribution in [1.82, 2.24) is 9.36 Å². The van der Waals surface area contributed by atoms with Gasteiger partial charge >= 0.3 is 0 Å². The van der Waals surface area contributed by atoms with Crippen molar-refractivity contribution in [3.05, 3.63) is 47.8 Å². The molecule has 72 valence electrons. The molecule has 0 atom stereocenters. The third kappa shape index (κ3) is 1.51. The molecule has 3 rings (SSSR count). The second-order valence-corrected chi connectivity index (χ2v) is 3.94. The van der Waals surface area contributed by atoms with Gasteiger partial charge in [-0.25, -0.2) is 4.98 Å². The number of hydrogen-bond acceptors (Lipinski definition) is 3. The summed E-state index contributed by atoms with van der Waals surface area (Å²) in [4.78, 5) is 4.56. The third-order valence-corrected chi connectivity index (χ3v) is 2.86. The highest BCUT2D eigenvalue weighted by atomic mass is 32.1. The van der Waals surface area contributed by atoms with Crippen LogP contribution in [0.1, 0.15) is 0 Å². The van der Waals surface area contributed by atoms with Crippen LogP contribution >= 0.6 is 11.5 Å². The van der Waals surface area contributed by atoms with Crippen LogP contribution in [0.25, 0.3) is 22.3 Å². The summed E-state index contributed by atoms with van der Waals surface area (Å²) in [5.74, 6) is 0. The van der Waals surface area contributed by atoms with E-state index in [9.17, 15) is 0 Å². The van der Waals surface area contributed by atoms with Crippen molar-refractivity contribution in [2.45, 2.75) is 0 Å². The van der Waals surface area contributed by atoms with E-state index in [2.05, 4.69) is 21.5 Å². The molecule has 0 saturated heterocycles. The molecule has 0 radical (unpaired) electrons. The zero-order chi connectivity index (χ0) is 10.1. The fraction of sp³-hybridized carbons (Fsp3) is 0. The SMILES string of the molecule is c1ccc2nc(-c3ccsn3)ccc2c1. The number of pyridine rings is 1. The first-order valence-corrected chi connectivity index (χ1v) is 5.54. The van der Waals surface area contributed by atoms with Gasteiger partial charge in [0.05, 0.1) is 11.2 Å². The average molecular weight is 212 g/mol. The summed E-state index contributed by atoms with van der Waals surface area (Å²) in [5, 5.41) is 3.13. The Morgan fingerprint density at radius 2 is 1.80 bits per heavy atom. The Labute approximate surface area is 91.4 Å². The van der Waals surface area contributed by atoms with Crippen LogP contribution in [0, 0.1) is 0 Å². The van der Waals surface area contributed by atoms with Crippen LogP contribution in [-0.4, -0.2) is 9.36 Å². The maximum absolute atomic E-state index is 4.56. The molecular formula is C12H8N2S. The minimum absolute atomic E-state index is 0.940. The molecule has 0 bridgehead atoms. The molecule has 2 nitrogen and oxygen atoms in total. The fourth-order valence-corrected chi connectivity index (χ4v) is 2.07. The van der Waals surface area contributed by atoms with Crippen molar-refractivity contribution in [2.75, 3.05) is 0 Å². The number of rotatable bonds is 1. The van der Waals surface area contributed by atoms with Gasteiger partial charge < -0.3 is 0 Å². The lowest BCUT2D eigenvalue weighted by Gasteiger charge is -1.99. The predicted octanol–water partition coefficient (Wildman–Crippen LogP) is 3.36. The van der Waals surface area contributed by atoms with Gasteiger partial charge in [-0.05, 0) is 29.7 Å². The smallest absolute Gasteiger partial charge is 0.102 e. The van der Waals surface area contributed by atoms with Crippen LogP contribution in [0.3, 0.4) is 0 Å². The normalized spacial score (nSPS) is 10.7. The Bertz CT molecular complexity index is 587. The Morgan fingerprint density at radius 3 is 2.67 bits per heavy atom. The van der Waals surface area contributed by atoms with Gasteiger partial charge in [-0.1, -0.05) is 24.3 Å². The Morgan fingerprint density at radius 1 is 0.867 bits per heavy atom. The van der Waals surface area contributed by atoms with Crippen molar-refractivity contribution in [3.63, 3.8) is 0 Å². The first kappa shape index (κ1) is 8.56. The molecule has 2 aromatic heterocycles. The van der Waals surface area contributed by atoms with Crippen LogP contribution in [-0.2, 0) is 0 Å². The number of fused-ring (bicyclic) bond motifs is 1. The van der Waals surface area contributed by atoms with Gasteiger partial charge in [0, 0.05) is 10.8 Å². The number of aromatic nitrogens is 2. The minimum atomic E-state index is 0.940. The average Bonchev–Trinajstić information content (AvgIpc) is 2.82. The van der Waals surface area contributed by atoms with Crippen molar-refractivity contribution >= 4 is 22.4 Å². The lowest BCUT2D eigenvalue weighted by molar-refractivity contribution is 1.36. The summed E-state index contributed by atoms with van der Waals surface area (Å²) in [6.45, 7) is 0. The van der Waals surface area contributed by atoms with E-state index < -0.39 is 0 Å². The standard InChI is InChI=1S/C12H8N2S/c1-2-4-10-9(3-1)5-6-11(13-10)12-7-8-15-14-12/h1-8H. The molecule has 0 saturated carbocycles. The van der Waals surface area contributed by atoms with Crippen LogP contribution in [0.5, 0.6) is 0 Å². The van der Waals surface area contributed by atoms with Gasteiger partial charge in [-0.3, -0.25) is 0 Å². The lowest BCUT2D eigenvalue weighted by Crippen LogP contribution is -1.84. The molecule has 2 heterocycles. The summed E-state index contributed by atoms with van der Waals surface area (Å²) in [6, 6.07) is 14.2. The maximum Gasteiger partial charge on any atom is 0.102 e. The molecule has 3 heteroatoms. The van der Waals surface area contributed by atoms with Crippen LogP contribution in [0.2, 0.25) is 0 Å². The summed E-state index contributed by atoms with van der Waals surface area (Å²) in [5.41, 5.74) is 2.91. The van der Waals surface area contributed by atoms with E-state index in [1.807, 2.05) is 35.7 Å². The van der Waals surface area contributed by atoms with Gasteiger partial charge in [0.2, 0.25) is 0 Å². The molecule has 15 heavy (non-hydrogen) atoms. The lowest BCUT2D eigenvalue weighted by atomic mass is 10.2. The Balaban J connectivity index is 2.22. The molecule has 0 N–H and O–H groups in total. The second-order valence-electron chi connectivity index (χ2n) is 3.27. The van der Waals surface area contributed by atoms with Crippen molar-refractivity contribution in [2.24, 2.45) is 0 Å².